The normalized spacial score (nSPS) is 19.5. The lowest BCUT2D eigenvalue weighted by atomic mass is 10.1. The summed E-state index contributed by atoms with van der Waals surface area (Å²) >= 11 is 0. The average molecular weight is 371 g/mol. The molecule has 1 aromatic heterocycles. The van der Waals surface area contributed by atoms with Gasteiger partial charge in [-0.2, -0.15) is 8.42 Å². The Morgan fingerprint density at radius 3 is 2.58 bits per heavy atom. The van der Waals surface area contributed by atoms with Crippen LogP contribution in [0.2, 0.25) is 0 Å². The second-order valence-electron chi connectivity index (χ2n) is 7.49. The van der Waals surface area contributed by atoms with Gasteiger partial charge in [-0.05, 0) is 61.6 Å². The van der Waals surface area contributed by atoms with Gasteiger partial charge in [0.1, 0.15) is 0 Å². The van der Waals surface area contributed by atoms with E-state index in [4.69, 9.17) is 0 Å². The number of hydrogen-bond donors (Lipinski definition) is 2. The number of aromatic nitrogens is 1. The Bertz CT molecular complexity index is 987. The van der Waals surface area contributed by atoms with Crippen LogP contribution in [0.4, 0.5) is 5.69 Å². The molecular formula is C19H21N3O3S. The van der Waals surface area contributed by atoms with Gasteiger partial charge >= 0.3 is 10.2 Å². The van der Waals surface area contributed by atoms with Gasteiger partial charge in [-0.1, -0.05) is 18.2 Å². The van der Waals surface area contributed by atoms with Crippen LogP contribution >= 0.6 is 0 Å². The van der Waals surface area contributed by atoms with E-state index in [-0.39, 0.29) is 0 Å². The van der Waals surface area contributed by atoms with Crippen LogP contribution in [0.3, 0.4) is 0 Å². The van der Waals surface area contributed by atoms with E-state index in [2.05, 4.69) is 9.71 Å². The highest BCUT2D eigenvalue weighted by atomic mass is 32.2. The number of fused-ring (bicyclic) bond motifs is 1. The molecule has 2 N–H and O–H groups in total. The lowest BCUT2D eigenvalue weighted by Gasteiger charge is -2.19. The first-order valence-corrected chi connectivity index (χ1v) is 10.6. The molecule has 5 rings (SSSR count). The molecule has 1 aromatic carbocycles. The Hall–Kier alpha value is -2.28. The molecule has 0 atom stereocenters. The summed E-state index contributed by atoms with van der Waals surface area (Å²) in [6.07, 6.45) is 5.03. The Morgan fingerprint density at radius 2 is 1.85 bits per heavy atom. The van der Waals surface area contributed by atoms with Gasteiger partial charge in [0.25, 0.3) is 5.91 Å². The Kier molecular flexibility index (Phi) is 3.44. The Morgan fingerprint density at radius 1 is 1.12 bits per heavy atom. The summed E-state index contributed by atoms with van der Waals surface area (Å²) in [6, 6.07) is 9.27. The zero-order chi connectivity index (χ0) is 17.9. The van der Waals surface area contributed by atoms with Gasteiger partial charge in [0.2, 0.25) is 0 Å². The smallest absolute Gasteiger partial charge is 0.326 e. The maximum absolute atomic E-state index is 12.8. The highest BCUT2D eigenvalue weighted by molar-refractivity contribution is 7.91. The zero-order valence-corrected chi connectivity index (χ0v) is 15.2. The number of hydrogen-bond acceptors (Lipinski definition) is 3. The van der Waals surface area contributed by atoms with Crippen molar-refractivity contribution in [2.24, 2.45) is 0 Å². The summed E-state index contributed by atoms with van der Waals surface area (Å²) in [6.45, 7) is 0.359. The van der Waals surface area contributed by atoms with E-state index in [9.17, 15) is 13.2 Å². The minimum absolute atomic E-state index is 0.359. The molecule has 0 unspecified atom stereocenters. The summed E-state index contributed by atoms with van der Waals surface area (Å²) < 4.78 is 29.2. The summed E-state index contributed by atoms with van der Waals surface area (Å²) in [5.41, 5.74) is 4.11. The van der Waals surface area contributed by atoms with Gasteiger partial charge < -0.3 is 4.98 Å². The first-order chi connectivity index (χ1) is 12.5. The van der Waals surface area contributed by atoms with Crippen LogP contribution in [0, 0.1) is 0 Å². The summed E-state index contributed by atoms with van der Waals surface area (Å²) in [5, 5.41) is 0. The fraction of sp³-hybridized carbons (Fsp3) is 0.421. The number of amides is 1. The van der Waals surface area contributed by atoms with Crippen LogP contribution in [0.1, 0.15) is 64.8 Å². The molecule has 2 heterocycles. The molecule has 1 aliphatic heterocycles. The van der Waals surface area contributed by atoms with Crippen molar-refractivity contribution in [3.05, 3.63) is 52.8 Å². The molecule has 0 saturated heterocycles. The monoisotopic (exact) mass is 371 g/mol. The molecule has 0 radical (unpaired) electrons. The van der Waals surface area contributed by atoms with E-state index < -0.39 is 16.1 Å². The number of rotatable bonds is 5. The molecule has 1 amide bonds. The van der Waals surface area contributed by atoms with E-state index in [1.54, 1.807) is 6.07 Å². The fourth-order valence-corrected chi connectivity index (χ4v) is 5.00. The Balaban J connectivity index is 1.42. The summed E-state index contributed by atoms with van der Waals surface area (Å²) in [4.78, 5) is 16.2. The predicted octanol–water partition coefficient (Wildman–Crippen LogP) is 2.81. The number of H-pyrrole nitrogens is 1. The van der Waals surface area contributed by atoms with Crippen molar-refractivity contribution in [2.75, 3.05) is 10.8 Å². The van der Waals surface area contributed by atoms with Gasteiger partial charge in [-0.25, -0.2) is 4.72 Å². The maximum atomic E-state index is 12.8. The highest BCUT2D eigenvalue weighted by Gasteiger charge is 2.36. The third-order valence-electron chi connectivity index (χ3n) is 5.47. The number of anilines is 1. The van der Waals surface area contributed by atoms with E-state index >= 15 is 0 Å². The number of nitrogens with zero attached hydrogens (tertiary/aromatic N) is 1. The van der Waals surface area contributed by atoms with Crippen LogP contribution in [0.25, 0.3) is 0 Å². The minimum Gasteiger partial charge on any atom is -0.361 e. The molecule has 0 spiro atoms. The van der Waals surface area contributed by atoms with Crippen molar-refractivity contribution >= 4 is 21.8 Å². The third-order valence-corrected chi connectivity index (χ3v) is 6.88. The molecule has 2 saturated carbocycles. The van der Waals surface area contributed by atoms with Gasteiger partial charge in [0.05, 0.1) is 11.3 Å². The SMILES string of the molecule is O=C(NS(=O)(=O)N1CCc2ccccc21)c1cc(C2CC2)[nH]c1C1CC1. The molecule has 0 bridgehead atoms. The predicted molar refractivity (Wildman–Crippen MR) is 98.6 cm³/mol. The molecule has 6 nitrogen and oxygen atoms in total. The van der Waals surface area contributed by atoms with Crippen molar-refractivity contribution in [3.63, 3.8) is 0 Å². The molecule has 3 aliphatic rings. The Labute approximate surface area is 152 Å². The number of carbonyl (C=O) groups is 1. The van der Waals surface area contributed by atoms with Crippen molar-refractivity contribution < 1.29 is 13.2 Å². The van der Waals surface area contributed by atoms with E-state index in [1.165, 1.54) is 4.31 Å². The quantitative estimate of drug-likeness (QED) is 0.848. The standard InChI is InChI=1S/C19H21N3O3S/c23-19(15-11-16(12-5-6-12)20-18(15)14-7-8-14)21-26(24,25)22-10-9-13-3-1-2-4-17(13)22/h1-4,11-12,14,20H,5-10H2,(H,21,23). The zero-order valence-electron chi connectivity index (χ0n) is 14.4. The number of nitrogens with one attached hydrogen (secondary N) is 2. The highest BCUT2D eigenvalue weighted by Crippen LogP contribution is 2.45. The fourth-order valence-electron chi connectivity index (χ4n) is 3.77. The van der Waals surface area contributed by atoms with Crippen molar-refractivity contribution in [2.45, 2.75) is 43.9 Å². The van der Waals surface area contributed by atoms with Crippen molar-refractivity contribution in [1.82, 2.24) is 9.71 Å². The molecule has 136 valence electrons. The average Bonchev–Trinajstić information content (AvgIpc) is 3.55. The van der Waals surface area contributed by atoms with Gasteiger partial charge in [0, 0.05) is 17.9 Å². The second kappa shape index (κ2) is 5.61. The summed E-state index contributed by atoms with van der Waals surface area (Å²) in [7, 11) is -3.92. The largest absolute Gasteiger partial charge is 0.361 e. The topological polar surface area (TPSA) is 82.3 Å². The van der Waals surface area contributed by atoms with Crippen LogP contribution < -0.4 is 9.03 Å². The van der Waals surface area contributed by atoms with Crippen molar-refractivity contribution in [3.8, 4) is 0 Å². The molecule has 7 heteroatoms. The van der Waals surface area contributed by atoms with Crippen molar-refractivity contribution in [1.29, 1.82) is 0 Å². The lowest BCUT2D eigenvalue weighted by molar-refractivity contribution is 0.0980. The van der Waals surface area contributed by atoms with E-state index in [0.717, 1.165) is 42.6 Å². The summed E-state index contributed by atoms with van der Waals surface area (Å²) in [5.74, 6) is 0.328. The molecular weight excluding hydrogens is 350 g/mol. The maximum Gasteiger partial charge on any atom is 0.326 e. The first kappa shape index (κ1) is 15.9. The van der Waals surface area contributed by atoms with E-state index in [0.29, 0.717) is 36.1 Å². The lowest BCUT2D eigenvalue weighted by Crippen LogP contribution is -2.43. The second-order valence-corrected chi connectivity index (χ2v) is 9.08. The number of carbonyl (C=O) groups excluding carboxylic acids is 1. The molecule has 2 fully saturated rings. The molecule has 26 heavy (non-hydrogen) atoms. The first-order valence-electron chi connectivity index (χ1n) is 9.18. The number of aromatic amines is 1. The van der Waals surface area contributed by atoms with Crippen LogP contribution in [-0.2, 0) is 16.6 Å². The van der Waals surface area contributed by atoms with Crippen LogP contribution in [0.5, 0.6) is 0 Å². The van der Waals surface area contributed by atoms with Crippen LogP contribution in [-0.4, -0.2) is 25.9 Å². The molecule has 2 aromatic rings. The van der Waals surface area contributed by atoms with Gasteiger partial charge in [-0.3, -0.25) is 9.10 Å². The number of para-hydroxylation sites is 1. The van der Waals surface area contributed by atoms with E-state index in [1.807, 2.05) is 24.3 Å². The third kappa shape index (κ3) is 2.70. The minimum atomic E-state index is -3.92. The van der Waals surface area contributed by atoms with Gasteiger partial charge in [-0.15, -0.1) is 0 Å². The number of benzene rings is 1. The van der Waals surface area contributed by atoms with Crippen LogP contribution in [0.15, 0.2) is 30.3 Å². The van der Waals surface area contributed by atoms with Gasteiger partial charge in [0.15, 0.2) is 0 Å². The molecule has 2 aliphatic carbocycles.